The van der Waals surface area contributed by atoms with Gasteiger partial charge in [-0.15, -0.1) is 0 Å². The normalized spacial score (nSPS) is 19.0. The lowest BCUT2D eigenvalue weighted by Crippen LogP contribution is -2.62. The van der Waals surface area contributed by atoms with Crippen molar-refractivity contribution >= 4 is 12.2 Å². The zero-order valence-electron chi connectivity index (χ0n) is 16.0. The number of carbonyl (C=O) groups is 2. The van der Waals surface area contributed by atoms with Gasteiger partial charge >= 0.3 is 12.2 Å². The first-order chi connectivity index (χ1) is 12.2. The van der Waals surface area contributed by atoms with Gasteiger partial charge in [0.2, 0.25) is 0 Å². The van der Waals surface area contributed by atoms with E-state index in [0.29, 0.717) is 19.6 Å². The van der Waals surface area contributed by atoms with E-state index in [4.69, 9.17) is 15.2 Å². The van der Waals surface area contributed by atoms with Crippen LogP contribution in [0.5, 0.6) is 0 Å². The van der Waals surface area contributed by atoms with Crippen molar-refractivity contribution in [3.05, 3.63) is 35.9 Å². The molecule has 1 aromatic carbocycles. The Labute approximate surface area is 155 Å². The van der Waals surface area contributed by atoms with Crippen LogP contribution in [0, 0.1) is 0 Å². The fourth-order valence-electron chi connectivity index (χ4n) is 2.78. The molecule has 1 saturated heterocycles. The average Bonchev–Trinajstić information content (AvgIpc) is 2.58. The zero-order valence-corrected chi connectivity index (χ0v) is 16.0. The Balaban J connectivity index is 1.97. The van der Waals surface area contributed by atoms with Gasteiger partial charge in [-0.3, -0.25) is 0 Å². The Morgan fingerprint density at radius 3 is 2.42 bits per heavy atom. The lowest BCUT2D eigenvalue weighted by atomic mass is 10.1. The fraction of sp³-hybridized carbons (Fsp3) is 0.579. The molecule has 2 atom stereocenters. The van der Waals surface area contributed by atoms with Crippen molar-refractivity contribution in [2.45, 2.75) is 52.0 Å². The van der Waals surface area contributed by atoms with Crippen molar-refractivity contribution in [1.82, 2.24) is 9.80 Å². The van der Waals surface area contributed by atoms with Crippen molar-refractivity contribution in [2.24, 2.45) is 5.73 Å². The number of ether oxygens (including phenoxy) is 2. The van der Waals surface area contributed by atoms with Crippen LogP contribution in [0.25, 0.3) is 0 Å². The standard InChI is InChI=1S/C19H29N3O4/c1-14(20)16-12-21(17(23)26-19(2,3)4)10-11-22(16)18(24)25-13-15-8-6-5-7-9-15/h5-9,14,16H,10-13,20H2,1-4H3/t14-,16-/m0/s1. The van der Waals surface area contributed by atoms with Crippen molar-refractivity contribution in [1.29, 1.82) is 0 Å². The number of benzene rings is 1. The molecular weight excluding hydrogens is 334 g/mol. The molecule has 2 amide bonds. The minimum Gasteiger partial charge on any atom is -0.445 e. The van der Waals surface area contributed by atoms with E-state index in [-0.39, 0.29) is 24.8 Å². The van der Waals surface area contributed by atoms with Gasteiger partial charge in [-0.2, -0.15) is 0 Å². The second-order valence-corrected chi connectivity index (χ2v) is 7.59. The fourth-order valence-corrected chi connectivity index (χ4v) is 2.78. The molecule has 26 heavy (non-hydrogen) atoms. The van der Waals surface area contributed by atoms with E-state index < -0.39 is 11.7 Å². The second-order valence-electron chi connectivity index (χ2n) is 7.59. The number of rotatable bonds is 3. The topological polar surface area (TPSA) is 85.1 Å². The molecule has 7 nitrogen and oxygen atoms in total. The molecule has 7 heteroatoms. The van der Waals surface area contributed by atoms with Crippen LogP contribution in [-0.2, 0) is 16.1 Å². The van der Waals surface area contributed by atoms with Crippen LogP contribution >= 0.6 is 0 Å². The molecule has 1 fully saturated rings. The molecule has 1 aromatic rings. The van der Waals surface area contributed by atoms with Crippen molar-refractivity contribution in [3.63, 3.8) is 0 Å². The number of piperazine rings is 1. The summed E-state index contributed by atoms with van der Waals surface area (Å²) in [5.74, 6) is 0. The van der Waals surface area contributed by atoms with Gasteiger partial charge in [0.25, 0.3) is 0 Å². The number of nitrogens with zero attached hydrogens (tertiary/aromatic N) is 2. The van der Waals surface area contributed by atoms with Crippen LogP contribution < -0.4 is 5.73 Å². The SMILES string of the molecule is C[C@H](N)[C@@H]1CN(C(=O)OC(C)(C)C)CCN1C(=O)OCc1ccccc1. The molecule has 0 spiro atoms. The Kier molecular flexibility index (Phi) is 6.47. The smallest absolute Gasteiger partial charge is 0.410 e. The second kappa shape index (κ2) is 8.40. The van der Waals surface area contributed by atoms with Crippen molar-refractivity contribution in [3.8, 4) is 0 Å². The Bertz CT molecular complexity index is 613. The molecule has 2 N–H and O–H groups in total. The summed E-state index contributed by atoms with van der Waals surface area (Å²) in [6.45, 7) is 8.57. The molecule has 0 radical (unpaired) electrons. The highest BCUT2D eigenvalue weighted by Crippen LogP contribution is 2.18. The van der Waals surface area contributed by atoms with Gasteiger partial charge < -0.3 is 25.0 Å². The summed E-state index contributed by atoms with van der Waals surface area (Å²) >= 11 is 0. The first kappa shape index (κ1) is 20.0. The predicted molar refractivity (Wildman–Crippen MR) is 98.6 cm³/mol. The summed E-state index contributed by atoms with van der Waals surface area (Å²) < 4.78 is 10.8. The first-order valence-corrected chi connectivity index (χ1v) is 8.88. The summed E-state index contributed by atoms with van der Waals surface area (Å²) in [6.07, 6.45) is -0.805. The predicted octanol–water partition coefficient (Wildman–Crippen LogP) is 2.59. The van der Waals surface area contributed by atoms with Gasteiger partial charge in [0.05, 0.1) is 6.04 Å². The molecule has 2 rings (SSSR count). The summed E-state index contributed by atoms with van der Waals surface area (Å²) in [5, 5.41) is 0. The summed E-state index contributed by atoms with van der Waals surface area (Å²) in [4.78, 5) is 28.0. The maximum absolute atomic E-state index is 12.5. The number of nitrogens with two attached hydrogens (primary N) is 1. The van der Waals surface area contributed by atoms with E-state index in [0.717, 1.165) is 5.56 Å². The van der Waals surface area contributed by atoms with Crippen LogP contribution in [0.3, 0.4) is 0 Å². The maximum Gasteiger partial charge on any atom is 0.410 e. The monoisotopic (exact) mass is 363 g/mol. The Hall–Kier alpha value is -2.28. The highest BCUT2D eigenvalue weighted by Gasteiger charge is 2.36. The third kappa shape index (κ3) is 5.62. The van der Waals surface area contributed by atoms with Gasteiger partial charge in [0.15, 0.2) is 0 Å². The number of amides is 2. The van der Waals surface area contributed by atoms with Crippen LogP contribution in [0.1, 0.15) is 33.3 Å². The molecule has 144 valence electrons. The van der Waals surface area contributed by atoms with E-state index in [1.54, 1.807) is 9.80 Å². The van der Waals surface area contributed by atoms with Gasteiger partial charge in [0.1, 0.15) is 12.2 Å². The summed E-state index contributed by atoms with van der Waals surface area (Å²) in [6, 6.07) is 8.88. The van der Waals surface area contributed by atoms with Gasteiger partial charge in [-0.1, -0.05) is 30.3 Å². The molecular formula is C19H29N3O4. The average molecular weight is 363 g/mol. The third-order valence-corrected chi connectivity index (χ3v) is 4.12. The number of carbonyl (C=O) groups excluding carboxylic acids is 2. The van der Waals surface area contributed by atoms with Crippen molar-refractivity contribution < 1.29 is 19.1 Å². The molecule has 0 aromatic heterocycles. The Morgan fingerprint density at radius 1 is 1.19 bits per heavy atom. The first-order valence-electron chi connectivity index (χ1n) is 8.88. The van der Waals surface area contributed by atoms with Gasteiger partial charge in [-0.25, -0.2) is 9.59 Å². The highest BCUT2D eigenvalue weighted by molar-refractivity contribution is 5.71. The van der Waals surface area contributed by atoms with E-state index in [2.05, 4.69) is 0 Å². The van der Waals surface area contributed by atoms with Gasteiger partial charge in [0, 0.05) is 25.7 Å². The number of hydrogen-bond donors (Lipinski definition) is 1. The molecule has 1 heterocycles. The van der Waals surface area contributed by atoms with Crippen LogP contribution in [-0.4, -0.2) is 59.3 Å². The molecule has 0 aliphatic carbocycles. The van der Waals surface area contributed by atoms with Crippen LogP contribution in [0.15, 0.2) is 30.3 Å². The highest BCUT2D eigenvalue weighted by atomic mass is 16.6. The van der Waals surface area contributed by atoms with Crippen molar-refractivity contribution in [2.75, 3.05) is 19.6 Å². The van der Waals surface area contributed by atoms with Crippen LogP contribution in [0.4, 0.5) is 9.59 Å². The lowest BCUT2D eigenvalue weighted by molar-refractivity contribution is -0.00131. The number of hydrogen-bond acceptors (Lipinski definition) is 5. The van der Waals surface area contributed by atoms with E-state index in [1.807, 2.05) is 58.0 Å². The maximum atomic E-state index is 12.5. The zero-order chi connectivity index (χ0) is 19.3. The minimum absolute atomic E-state index is 0.206. The molecule has 0 saturated carbocycles. The van der Waals surface area contributed by atoms with Gasteiger partial charge in [-0.05, 0) is 33.3 Å². The van der Waals surface area contributed by atoms with E-state index in [9.17, 15) is 9.59 Å². The molecule has 0 unspecified atom stereocenters. The largest absolute Gasteiger partial charge is 0.445 e. The summed E-state index contributed by atoms with van der Waals surface area (Å²) in [5.41, 5.74) is 6.42. The van der Waals surface area contributed by atoms with E-state index >= 15 is 0 Å². The third-order valence-electron chi connectivity index (χ3n) is 4.12. The minimum atomic E-state index is -0.563. The quantitative estimate of drug-likeness (QED) is 0.892. The molecule has 1 aliphatic heterocycles. The molecule has 1 aliphatic rings. The molecule has 0 bridgehead atoms. The van der Waals surface area contributed by atoms with E-state index in [1.165, 1.54) is 0 Å². The lowest BCUT2D eigenvalue weighted by Gasteiger charge is -2.42. The Morgan fingerprint density at radius 2 is 1.85 bits per heavy atom. The summed E-state index contributed by atoms with van der Waals surface area (Å²) in [7, 11) is 0. The van der Waals surface area contributed by atoms with Crippen LogP contribution in [0.2, 0.25) is 0 Å².